The Morgan fingerprint density at radius 3 is 2.81 bits per heavy atom. The van der Waals surface area contributed by atoms with Gasteiger partial charge in [0.15, 0.2) is 5.13 Å². The van der Waals surface area contributed by atoms with E-state index in [1.807, 2.05) is 19.1 Å². The van der Waals surface area contributed by atoms with Gasteiger partial charge in [0.1, 0.15) is 5.75 Å². The zero-order chi connectivity index (χ0) is 18.5. The first-order valence-corrected chi connectivity index (χ1v) is 9.56. The highest BCUT2D eigenvalue weighted by Gasteiger charge is 2.14. The van der Waals surface area contributed by atoms with Gasteiger partial charge in [0.2, 0.25) is 0 Å². The molecule has 1 amide bonds. The maximum absolute atomic E-state index is 12.5. The number of nitrogens with one attached hydrogen (secondary N) is 1. The first kappa shape index (κ1) is 18.7. The van der Waals surface area contributed by atoms with Crippen LogP contribution >= 0.6 is 34.5 Å². The Morgan fingerprint density at radius 1 is 1.23 bits per heavy atom. The van der Waals surface area contributed by atoms with Crippen LogP contribution in [0.4, 0.5) is 5.13 Å². The summed E-state index contributed by atoms with van der Waals surface area (Å²) in [7, 11) is 0. The van der Waals surface area contributed by atoms with Crippen LogP contribution in [0.3, 0.4) is 0 Å². The highest BCUT2D eigenvalue weighted by atomic mass is 35.5. The number of nitrogens with zero attached hydrogens (tertiary/aromatic N) is 1. The molecule has 0 atom stereocenters. The van der Waals surface area contributed by atoms with E-state index < -0.39 is 0 Å². The first-order chi connectivity index (χ1) is 12.6. The molecule has 0 aliphatic carbocycles. The van der Waals surface area contributed by atoms with Crippen molar-refractivity contribution in [3.63, 3.8) is 0 Å². The van der Waals surface area contributed by atoms with Gasteiger partial charge >= 0.3 is 0 Å². The summed E-state index contributed by atoms with van der Waals surface area (Å²) in [6.07, 6.45) is 2.36. The number of benzene rings is 2. The Bertz CT molecular complexity index is 927. The average molecular weight is 407 g/mol. The van der Waals surface area contributed by atoms with E-state index in [4.69, 9.17) is 27.9 Å². The summed E-state index contributed by atoms with van der Waals surface area (Å²) in [5, 5.41) is 4.56. The van der Waals surface area contributed by atoms with E-state index in [0.717, 1.165) is 10.4 Å². The largest absolute Gasteiger partial charge is 0.493 e. The molecule has 1 N–H and O–H groups in total. The summed E-state index contributed by atoms with van der Waals surface area (Å²) in [4.78, 5) is 17.8. The smallest absolute Gasteiger partial charge is 0.261 e. The number of aromatic nitrogens is 1. The molecule has 0 saturated heterocycles. The topological polar surface area (TPSA) is 51.2 Å². The maximum atomic E-state index is 12.5. The SMILES string of the molecule is CCOc1ccccc1C(=O)Nc1ncc(Cc2ccc(Cl)cc2Cl)s1. The zero-order valence-corrected chi connectivity index (χ0v) is 16.3. The minimum absolute atomic E-state index is 0.250. The predicted molar refractivity (Wildman–Crippen MR) is 107 cm³/mol. The van der Waals surface area contributed by atoms with Crippen molar-refractivity contribution in [2.45, 2.75) is 13.3 Å². The van der Waals surface area contributed by atoms with E-state index in [2.05, 4.69) is 10.3 Å². The van der Waals surface area contributed by atoms with E-state index in [0.29, 0.717) is 39.5 Å². The van der Waals surface area contributed by atoms with E-state index in [1.54, 1.807) is 36.5 Å². The molecular weight excluding hydrogens is 391 g/mol. The Labute approximate surface area is 165 Å². The third kappa shape index (κ3) is 4.55. The van der Waals surface area contributed by atoms with Gasteiger partial charge in [-0.2, -0.15) is 0 Å². The van der Waals surface area contributed by atoms with Crippen molar-refractivity contribution < 1.29 is 9.53 Å². The van der Waals surface area contributed by atoms with Crippen LogP contribution in [0.25, 0.3) is 0 Å². The Balaban J connectivity index is 1.71. The summed E-state index contributed by atoms with van der Waals surface area (Å²) in [6, 6.07) is 12.5. The molecule has 0 saturated carbocycles. The number of hydrogen-bond donors (Lipinski definition) is 1. The molecule has 26 heavy (non-hydrogen) atoms. The predicted octanol–water partition coefficient (Wildman–Crippen LogP) is 5.69. The molecule has 0 spiro atoms. The summed E-state index contributed by atoms with van der Waals surface area (Å²) < 4.78 is 5.50. The number of ether oxygens (including phenoxy) is 1. The van der Waals surface area contributed by atoms with Gasteiger partial charge in [-0.25, -0.2) is 4.98 Å². The number of halogens is 2. The maximum Gasteiger partial charge on any atom is 0.261 e. The number of para-hydroxylation sites is 1. The number of amides is 1. The fourth-order valence-corrected chi connectivity index (χ4v) is 3.71. The van der Waals surface area contributed by atoms with Crippen LogP contribution in [0.2, 0.25) is 10.0 Å². The van der Waals surface area contributed by atoms with Gasteiger partial charge in [0.25, 0.3) is 5.91 Å². The number of rotatable bonds is 6. The van der Waals surface area contributed by atoms with Crippen LogP contribution < -0.4 is 10.1 Å². The fourth-order valence-electron chi connectivity index (χ4n) is 2.40. The minimum atomic E-state index is -0.250. The molecule has 4 nitrogen and oxygen atoms in total. The number of thiazole rings is 1. The second-order valence-corrected chi connectivity index (χ2v) is 7.39. The van der Waals surface area contributed by atoms with E-state index in [-0.39, 0.29) is 5.91 Å². The number of hydrogen-bond acceptors (Lipinski definition) is 4. The van der Waals surface area contributed by atoms with Gasteiger partial charge in [0.05, 0.1) is 12.2 Å². The summed E-state index contributed by atoms with van der Waals surface area (Å²) in [6.45, 7) is 2.37. The molecule has 3 rings (SSSR count). The minimum Gasteiger partial charge on any atom is -0.493 e. The van der Waals surface area contributed by atoms with Crippen molar-refractivity contribution in [2.75, 3.05) is 11.9 Å². The van der Waals surface area contributed by atoms with Crippen LogP contribution in [0.1, 0.15) is 27.7 Å². The molecule has 134 valence electrons. The Hall–Kier alpha value is -2.08. The molecule has 0 aliphatic rings. The zero-order valence-electron chi connectivity index (χ0n) is 14.0. The van der Waals surface area contributed by atoms with Gasteiger partial charge in [0, 0.05) is 27.5 Å². The van der Waals surface area contributed by atoms with Crippen LogP contribution in [0, 0.1) is 0 Å². The third-order valence-electron chi connectivity index (χ3n) is 3.59. The van der Waals surface area contributed by atoms with Gasteiger partial charge in [-0.1, -0.05) is 41.4 Å². The lowest BCUT2D eigenvalue weighted by molar-refractivity contribution is 0.102. The lowest BCUT2D eigenvalue weighted by Crippen LogP contribution is -2.13. The number of carbonyl (C=O) groups is 1. The van der Waals surface area contributed by atoms with Crippen LogP contribution in [-0.2, 0) is 6.42 Å². The second-order valence-electron chi connectivity index (χ2n) is 5.43. The van der Waals surface area contributed by atoms with Gasteiger partial charge in [-0.15, -0.1) is 11.3 Å². The van der Waals surface area contributed by atoms with Crippen molar-refractivity contribution in [3.8, 4) is 5.75 Å². The lowest BCUT2D eigenvalue weighted by atomic mass is 10.1. The second kappa shape index (κ2) is 8.54. The molecule has 7 heteroatoms. The van der Waals surface area contributed by atoms with Gasteiger partial charge in [-0.3, -0.25) is 10.1 Å². The van der Waals surface area contributed by atoms with Crippen molar-refractivity contribution in [1.82, 2.24) is 4.98 Å². The normalized spacial score (nSPS) is 10.6. The quantitative estimate of drug-likeness (QED) is 0.571. The molecular formula is C19H16Cl2N2O2S. The summed E-state index contributed by atoms with van der Waals surface area (Å²) in [5.41, 5.74) is 1.44. The van der Waals surface area contributed by atoms with Crippen molar-refractivity contribution in [1.29, 1.82) is 0 Å². The van der Waals surface area contributed by atoms with Crippen molar-refractivity contribution in [2.24, 2.45) is 0 Å². The standard InChI is InChI=1S/C19H16Cl2N2O2S/c1-2-25-17-6-4-3-5-15(17)18(24)23-19-22-11-14(26-19)9-12-7-8-13(20)10-16(12)21/h3-8,10-11H,2,9H2,1H3,(H,22,23,24). The molecule has 1 aromatic heterocycles. The van der Waals surface area contributed by atoms with E-state index in [9.17, 15) is 4.79 Å². The van der Waals surface area contributed by atoms with Crippen LogP contribution in [0.5, 0.6) is 5.75 Å². The monoisotopic (exact) mass is 406 g/mol. The molecule has 0 unspecified atom stereocenters. The lowest BCUT2D eigenvalue weighted by Gasteiger charge is -2.08. The highest BCUT2D eigenvalue weighted by Crippen LogP contribution is 2.27. The Kier molecular flexibility index (Phi) is 6.14. The molecule has 1 heterocycles. The first-order valence-electron chi connectivity index (χ1n) is 7.98. The summed E-state index contributed by atoms with van der Waals surface area (Å²) in [5.74, 6) is 0.303. The van der Waals surface area contributed by atoms with E-state index in [1.165, 1.54) is 11.3 Å². The third-order valence-corrected chi connectivity index (χ3v) is 5.09. The molecule has 0 radical (unpaired) electrons. The molecule has 0 aliphatic heterocycles. The van der Waals surface area contributed by atoms with Crippen molar-refractivity contribution in [3.05, 3.63) is 74.7 Å². The van der Waals surface area contributed by atoms with Crippen LogP contribution in [0.15, 0.2) is 48.7 Å². The highest BCUT2D eigenvalue weighted by molar-refractivity contribution is 7.15. The Morgan fingerprint density at radius 2 is 2.04 bits per heavy atom. The summed E-state index contributed by atoms with van der Waals surface area (Å²) >= 11 is 13.5. The van der Waals surface area contributed by atoms with Gasteiger partial charge in [-0.05, 0) is 36.8 Å². The molecule has 3 aromatic rings. The average Bonchev–Trinajstić information content (AvgIpc) is 3.05. The van der Waals surface area contributed by atoms with Crippen LogP contribution in [-0.4, -0.2) is 17.5 Å². The van der Waals surface area contributed by atoms with Gasteiger partial charge < -0.3 is 4.74 Å². The number of carbonyl (C=O) groups excluding carboxylic acids is 1. The molecule has 0 bridgehead atoms. The van der Waals surface area contributed by atoms with Crippen molar-refractivity contribution >= 4 is 45.6 Å². The fraction of sp³-hybridized carbons (Fsp3) is 0.158. The molecule has 0 fully saturated rings. The number of anilines is 1. The molecule has 2 aromatic carbocycles. The van der Waals surface area contributed by atoms with E-state index >= 15 is 0 Å².